The second-order valence-corrected chi connectivity index (χ2v) is 7.99. The Bertz CT molecular complexity index is 579. The van der Waals surface area contributed by atoms with Gasteiger partial charge in [0.05, 0.1) is 0 Å². The van der Waals surface area contributed by atoms with Gasteiger partial charge in [-0.25, -0.2) is 0 Å². The Labute approximate surface area is 154 Å². The topological polar surface area (TPSA) is 38.3 Å². The fourth-order valence-corrected chi connectivity index (χ4v) is 4.65. The van der Waals surface area contributed by atoms with E-state index in [-0.39, 0.29) is 11.3 Å². The predicted molar refractivity (Wildman–Crippen MR) is 97.8 cm³/mol. The minimum Gasteiger partial charge on any atom is -0.381 e. The van der Waals surface area contributed by atoms with E-state index in [1.54, 1.807) is 6.07 Å². The zero-order valence-corrected chi connectivity index (χ0v) is 15.5. The van der Waals surface area contributed by atoms with Gasteiger partial charge in [-0.15, -0.1) is 0 Å². The summed E-state index contributed by atoms with van der Waals surface area (Å²) in [6.45, 7) is 2.00. The van der Waals surface area contributed by atoms with Crippen molar-refractivity contribution < 1.29 is 9.53 Å². The van der Waals surface area contributed by atoms with Crippen molar-refractivity contribution in [2.75, 3.05) is 19.8 Å². The second-order valence-electron chi connectivity index (χ2n) is 7.15. The smallest absolute Gasteiger partial charge is 0.220 e. The van der Waals surface area contributed by atoms with E-state index in [1.807, 2.05) is 12.1 Å². The molecule has 1 aromatic rings. The lowest BCUT2D eigenvalue weighted by Gasteiger charge is -2.38. The van der Waals surface area contributed by atoms with Crippen LogP contribution < -0.4 is 5.32 Å². The minimum absolute atomic E-state index is 0.161. The van der Waals surface area contributed by atoms with Crippen molar-refractivity contribution in [3.63, 3.8) is 0 Å². The largest absolute Gasteiger partial charge is 0.381 e. The molecule has 1 saturated heterocycles. The van der Waals surface area contributed by atoms with Gasteiger partial charge in [-0.05, 0) is 49.3 Å². The lowest BCUT2D eigenvalue weighted by molar-refractivity contribution is -0.122. The highest BCUT2D eigenvalue weighted by Gasteiger charge is 2.36. The van der Waals surface area contributed by atoms with E-state index in [0.717, 1.165) is 18.4 Å². The number of benzene rings is 1. The average Bonchev–Trinajstić information content (AvgIpc) is 3.07. The number of rotatable bonds is 5. The lowest BCUT2D eigenvalue weighted by atomic mass is 9.74. The standard InChI is InChI=1S/C19H25Cl2NO2/c20-15-5-6-16(17(21)12-15)19(7-9-24-10-8-19)13-22-18(23)11-14-3-1-2-4-14/h5-6,12,14H,1-4,7-11,13H2,(H,22,23). The van der Waals surface area contributed by atoms with Gasteiger partial charge in [0.25, 0.3) is 0 Å². The molecule has 1 aromatic carbocycles. The maximum Gasteiger partial charge on any atom is 0.220 e. The van der Waals surface area contributed by atoms with Crippen LogP contribution >= 0.6 is 23.2 Å². The van der Waals surface area contributed by atoms with Crippen LogP contribution in [0.5, 0.6) is 0 Å². The quantitative estimate of drug-likeness (QED) is 0.813. The number of amides is 1. The third-order valence-corrected chi connectivity index (χ3v) is 6.07. The van der Waals surface area contributed by atoms with Crippen LogP contribution in [0, 0.1) is 5.92 Å². The summed E-state index contributed by atoms with van der Waals surface area (Å²) < 4.78 is 5.54. The number of hydrogen-bond donors (Lipinski definition) is 1. The summed E-state index contributed by atoms with van der Waals surface area (Å²) in [5, 5.41) is 4.49. The van der Waals surface area contributed by atoms with Gasteiger partial charge in [-0.2, -0.15) is 0 Å². The first-order valence-electron chi connectivity index (χ1n) is 8.89. The SMILES string of the molecule is O=C(CC1CCCC1)NCC1(c2ccc(Cl)cc2Cl)CCOCC1. The second kappa shape index (κ2) is 8.07. The molecule has 0 radical (unpaired) electrons. The van der Waals surface area contributed by atoms with Crippen molar-refractivity contribution in [3.8, 4) is 0 Å². The van der Waals surface area contributed by atoms with Gasteiger partial charge in [0.2, 0.25) is 5.91 Å². The van der Waals surface area contributed by atoms with Gasteiger partial charge >= 0.3 is 0 Å². The molecule has 3 nitrogen and oxygen atoms in total. The van der Waals surface area contributed by atoms with Crippen LogP contribution in [-0.2, 0) is 14.9 Å². The minimum atomic E-state index is -0.161. The third-order valence-electron chi connectivity index (χ3n) is 5.53. The number of carbonyl (C=O) groups is 1. The average molecular weight is 370 g/mol. The lowest BCUT2D eigenvalue weighted by Crippen LogP contribution is -2.45. The van der Waals surface area contributed by atoms with E-state index in [4.69, 9.17) is 27.9 Å². The summed E-state index contributed by atoms with van der Waals surface area (Å²) >= 11 is 12.5. The van der Waals surface area contributed by atoms with Crippen molar-refractivity contribution in [1.29, 1.82) is 0 Å². The molecule has 2 aliphatic rings. The number of nitrogens with one attached hydrogen (secondary N) is 1. The molecule has 0 spiro atoms. The van der Waals surface area contributed by atoms with Crippen LogP contribution in [0.2, 0.25) is 10.0 Å². The Morgan fingerprint density at radius 1 is 1.21 bits per heavy atom. The highest BCUT2D eigenvalue weighted by atomic mass is 35.5. The molecule has 0 aromatic heterocycles. The Morgan fingerprint density at radius 3 is 2.58 bits per heavy atom. The molecular formula is C19H25Cl2NO2. The fraction of sp³-hybridized carbons (Fsp3) is 0.632. The molecule has 1 aliphatic heterocycles. The molecule has 3 rings (SSSR count). The van der Waals surface area contributed by atoms with Crippen LogP contribution in [-0.4, -0.2) is 25.7 Å². The molecule has 2 fully saturated rings. The summed E-state index contributed by atoms with van der Waals surface area (Å²) in [6, 6.07) is 5.66. The van der Waals surface area contributed by atoms with Gasteiger partial charge < -0.3 is 10.1 Å². The van der Waals surface area contributed by atoms with Gasteiger partial charge in [0.15, 0.2) is 0 Å². The van der Waals surface area contributed by atoms with Crippen LogP contribution in [0.15, 0.2) is 18.2 Å². The monoisotopic (exact) mass is 369 g/mol. The summed E-state index contributed by atoms with van der Waals surface area (Å²) in [5.74, 6) is 0.729. The van der Waals surface area contributed by atoms with E-state index in [0.29, 0.717) is 42.1 Å². The molecule has 1 N–H and O–H groups in total. The Hall–Kier alpha value is -0.770. The number of halogens is 2. The molecule has 5 heteroatoms. The molecule has 1 saturated carbocycles. The van der Waals surface area contributed by atoms with E-state index in [9.17, 15) is 4.79 Å². The summed E-state index contributed by atoms with van der Waals surface area (Å²) in [4.78, 5) is 12.4. The van der Waals surface area contributed by atoms with Crippen LogP contribution in [0.3, 0.4) is 0 Å². The van der Waals surface area contributed by atoms with Crippen molar-refractivity contribution in [2.45, 2.75) is 50.4 Å². The molecule has 1 aliphatic carbocycles. The highest BCUT2D eigenvalue weighted by molar-refractivity contribution is 6.35. The number of hydrogen-bond acceptors (Lipinski definition) is 2. The zero-order chi connectivity index (χ0) is 17.0. The predicted octanol–water partition coefficient (Wildman–Crippen LogP) is 4.74. The third kappa shape index (κ3) is 4.25. The summed E-state index contributed by atoms with van der Waals surface area (Å²) in [6.07, 6.45) is 7.28. The summed E-state index contributed by atoms with van der Waals surface area (Å²) in [7, 11) is 0. The van der Waals surface area contributed by atoms with Crippen molar-refractivity contribution in [2.24, 2.45) is 5.92 Å². The normalized spacial score (nSPS) is 20.9. The maximum atomic E-state index is 12.4. The van der Waals surface area contributed by atoms with Crippen LogP contribution in [0.25, 0.3) is 0 Å². The molecule has 24 heavy (non-hydrogen) atoms. The van der Waals surface area contributed by atoms with Gasteiger partial charge in [-0.1, -0.05) is 42.1 Å². The van der Waals surface area contributed by atoms with E-state index < -0.39 is 0 Å². The molecule has 0 bridgehead atoms. The summed E-state index contributed by atoms with van der Waals surface area (Å²) in [5.41, 5.74) is 0.906. The van der Waals surface area contributed by atoms with Crippen LogP contribution in [0.1, 0.15) is 50.5 Å². The van der Waals surface area contributed by atoms with Crippen molar-refractivity contribution in [1.82, 2.24) is 5.32 Å². The molecule has 132 valence electrons. The maximum absolute atomic E-state index is 12.4. The number of carbonyl (C=O) groups excluding carboxylic acids is 1. The molecule has 0 atom stereocenters. The first-order chi connectivity index (χ1) is 11.6. The molecule has 1 heterocycles. The van der Waals surface area contributed by atoms with E-state index in [2.05, 4.69) is 5.32 Å². The van der Waals surface area contributed by atoms with E-state index >= 15 is 0 Å². The van der Waals surface area contributed by atoms with Gasteiger partial charge in [0.1, 0.15) is 0 Å². The first-order valence-corrected chi connectivity index (χ1v) is 9.65. The first kappa shape index (κ1) is 18.0. The highest BCUT2D eigenvalue weighted by Crippen LogP contribution is 2.39. The Kier molecular flexibility index (Phi) is 6.07. The van der Waals surface area contributed by atoms with Crippen LogP contribution in [0.4, 0.5) is 0 Å². The fourth-order valence-electron chi connectivity index (χ4n) is 4.04. The number of ether oxygens (including phenoxy) is 1. The van der Waals surface area contributed by atoms with E-state index in [1.165, 1.54) is 25.7 Å². The molecule has 1 amide bonds. The van der Waals surface area contributed by atoms with Gasteiger partial charge in [-0.3, -0.25) is 4.79 Å². The Balaban J connectivity index is 1.70. The van der Waals surface area contributed by atoms with Crippen molar-refractivity contribution in [3.05, 3.63) is 33.8 Å². The van der Waals surface area contributed by atoms with Crippen molar-refractivity contribution >= 4 is 29.1 Å². The molecule has 0 unspecified atom stereocenters. The van der Waals surface area contributed by atoms with Gasteiger partial charge in [0, 0.05) is 41.6 Å². The zero-order valence-electron chi connectivity index (χ0n) is 14.0. The Morgan fingerprint density at radius 2 is 1.92 bits per heavy atom. The molecular weight excluding hydrogens is 345 g/mol.